The standard InChI is InChI=1S/C51H36N4O/c52-33-41-22-13-25-44-47(41)56-46-27-26-39(32-45(46)51(44)28-9-10-29-51)37-19-11-18-36(30-37)38-20-12-21-40(31-38)49-53-48(35-16-5-2-6-17-35)54-50(55-49)43-24-8-7-23-42(43)34-14-3-1-4-15-34/h1-8,11-27,30-32H,9-10,28-29H2. The molecule has 0 atom stereocenters. The van der Waals surface area contributed by atoms with Gasteiger partial charge in [-0.25, -0.2) is 15.0 Å². The number of hydrogen-bond donors (Lipinski definition) is 0. The maximum atomic E-state index is 9.90. The second kappa shape index (κ2) is 13.9. The summed E-state index contributed by atoms with van der Waals surface area (Å²) in [5, 5.41) is 9.90. The lowest BCUT2D eigenvalue weighted by Crippen LogP contribution is -2.28. The first-order valence-electron chi connectivity index (χ1n) is 19.2. The molecule has 8 aromatic rings. The molecule has 1 fully saturated rings. The van der Waals surface area contributed by atoms with Gasteiger partial charge in [0.25, 0.3) is 0 Å². The molecule has 1 spiro atoms. The van der Waals surface area contributed by atoms with Crippen molar-refractivity contribution in [2.75, 3.05) is 0 Å². The number of nitriles is 1. The van der Waals surface area contributed by atoms with E-state index in [2.05, 4.69) is 121 Å². The van der Waals surface area contributed by atoms with Crippen molar-refractivity contribution in [2.45, 2.75) is 31.1 Å². The number of nitrogens with zero attached hydrogens (tertiary/aromatic N) is 4. The lowest BCUT2D eigenvalue weighted by atomic mass is 9.70. The van der Waals surface area contributed by atoms with Gasteiger partial charge in [0.1, 0.15) is 17.6 Å². The van der Waals surface area contributed by atoms with Crippen LogP contribution in [0.25, 0.3) is 67.5 Å². The molecule has 56 heavy (non-hydrogen) atoms. The highest BCUT2D eigenvalue weighted by Crippen LogP contribution is 2.57. The minimum Gasteiger partial charge on any atom is -0.455 e. The maximum absolute atomic E-state index is 9.90. The molecule has 1 aliphatic heterocycles. The molecule has 0 radical (unpaired) electrons. The lowest BCUT2D eigenvalue weighted by molar-refractivity contribution is 0.393. The molecule has 10 rings (SSSR count). The third-order valence-corrected chi connectivity index (χ3v) is 11.4. The molecule has 2 aliphatic rings. The van der Waals surface area contributed by atoms with Gasteiger partial charge < -0.3 is 4.74 Å². The topological polar surface area (TPSA) is 71.7 Å². The molecule has 1 aromatic heterocycles. The number of rotatable bonds is 6. The van der Waals surface area contributed by atoms with Crippen molar-refractivity contribution in [3.8, 4) is 85.1 Å². The van der Waals surface area contributed by atoms with Gasteiger partial charge >= 0.3 is 0 Å². The van der Waals surface area contributed by atoms with E-state index in [1.807, 2.05) is 54.6 Å². The fourth-order valence-electron chi connectivity index (χ4n) is 8.66. The van der Waals surface area contributed by atoms with Crippen molar-refractivity contribution in [2.24, 2.45) is 0 Å². The molecule has 0 amide bonds. The van der Waals surface area contributed by atoms with Crippen molar-refractivity contribution in [3.05, 3.63) is 187 Å². The van der Waals surface area contributed by atoms with Crippen molar-refractivity contribution in [1.29, 1.82) is 5.26 Å². The zero-order valence-electron chi connectivity index (χ0n) is 30.7. The minimum atomic E-state index is -0.151. The number of ether oxygens (including phenoxy) is 1. The van der Waals surface area contributed by atoms with Crippen LogP contribution in [-0.2, 0) is 5.41 Å². The molecule has 266 valence electrons. The largest absolute Gasteiger partial charge is 0.455 e. The highest BCUT2D eigenvalue weighted by molar-refractivity contribution is 5.82. The third kappa shape index (κ3) is 5.84. The van der Waals surface area contributed by atoms with Gasteiger partial charge in [0.2, 0.25) is 0 Å². The average molecular weight is 721 g/mol. The van der Waals surface area contributed by atoms with Gasteiger partial charge in [-0.15, -0.1) is 0 Å². The van der Waals surface area contributed by atoms with Crippen LogP contribution < -0.4 is 4.74 Å². The summed E-state index contributed by atoms with van der Waals surface area (Å²) in [5.41, 5.74) is 12.2. The quantitative estimate of drug-likeness (QED) is 0.171. The summed E-state index contributed by atoms with van der Waals surface area (Å²) in [4.78, 5) is 15.2. The molecular formula is C51H36N4O. The molecular weight excluding hydrogens is 685 g/mol. The van der Waals surface area contributed by atoms with E-state index in [-0.39, 0.29) is 5.41 Å². The van der Waals surface area contributed by atoms with Crippen LogP contribution in [0.5, 0.6) is 11.5 Å². The summed E-state index contributed by atoms with van der Waals surface area (Å²) in [6.45, 7) is 0. The number of hydrogen-bond acceptors (Lipinski definition) is 5. The molecule has 5 nitrogen and oxygen atoms in total. The Hall–Kier alpha value is -7.16. The van der Waals surface area contributed by atoms with Gasteiger partial charge in [0, 0.05) is 33.2 Å². The van der Waals surface area contributed by atoms with E-state index in [1.54, 1.807) is 0 Å². The Morgan fingerprint density at radius 1 is 0.446 bits per heavy atom. The number of benzene rings is 7. The predicted octanol–water partition coefficient (Wildman–Crippen LogP) is 12.7. The van der Waals surface area contributed by atoms with E-state index in [9.17, 15) is 5.26 Å². The van der Waals surface area contributed by atoms with Gasteiger partial charge in [-0.2, -0.15) is 5.26 Å². The molecule has 1 saturated carbocycles. The normalized spacial score (nSPS) is 13.7. The molecule has 1 aliphatic carbocycles. The summed E-state index contributed by atoms with van der Waals surface area (Å²) >= 11 is 0. The van der Waals surface area contributed by atoms with Crippen molar-refractivity contribution in [3.63, 3.8) is 0 Å². The first-order chi connectivity index (χ1) is 27.7. The molecule has 2 heterocycles. The molecule has 0 saturated heterocycles. The van der Waals surface area contributed by atoms with Crippen molar-refractivity contribution < 1.29 is 4.74 Å². The van der Waals surface area contributed by atoms with E-state index in [0.29, 0.717) is 23.0 Å². The van der Waals surface area contributed by atoms with Crippen molar-refractivity contribution >= 4 is 0 Å². The Bertz CT molecular complexity index is 2800. The molecule has 0 unspecified atom stereocenters. The Morgan fingerprint density at radius 3 is 1.68 bits per heavy atom. The maximum Gasteiger partial charge on any atom is 0.164 e. The van der Waals surface area contributed by atoms with E-state index in [0.717, 1.165) is 92.8 Å². The molecule has 0 bridgehead atoms. The number of fused-ring (bicyclic) bond motifs is 4. The van der Waals surface area contributed by atoms with Gasteiger partial charge in [-0.3, -0.25) is 0 Å². The first-order valence-corrected chi connectivity index (χ1v) is 19.2. The van der Waals surface area contributed by atoms with Crippen LogP contribution in [0.2, 0.25) is 0 Å². The fraction of sp³-hybridized carbons (Fsp3) is 0.0980. The van der Waals surface area contributed by atoms with E-state index in [1.165, 1.54) is 5.56 Å². The Morgan fingerprint density at radius 2 is 0.982 bits per heavy atom. The van der Waals surface area contributed by atoms with Gasteiger partial charge in [0.15, 0.2) is 17.5 Å². The molecule has 5 heteroatoms. The third-order valence-electron chi connectivity index (χ3n) is 11.4. The first kappa shape index (κ1) is 33.4. The average Bonchev–Trinajstić information content (AvgIpc) is 3.77. The molecule has 0 N–H and O–H groups in total. The van der Waals surface area contributed by atoms with Crippen LogP contribution in [0, 0.1) is 11.3 Å². The van der Waals surface area contributed by atoms with Crippen LogP contribution in [0.15, 0.2) is 170 Å². The highest BCUT2D eigenvalue weighted by atomic mass is 16.5. The highest BCUT2D eigenvalue weighted by Gasteiger charge is 2.45. The zero-order valence-corrected chi connectivity index (χ0v) is 30.7. The zero-order chi connectivity index (χ0) is 37.5. The Balaban J connectivity index is 1.04. The minimum absolute atomic E-state index is 0.151. The summed E-state index contributed by atoms with van der Waals surface area (Å²) in [6, 6.07) is 60.9. The van der Waals surface area contributed by atoms with E-state index < -0.39 is 0 Å². The lowest BCUT2D eigenvalue weighted by Gasteiger charge is -2.38. The van der Waals surface area contributed by atoms with Crippen LogP contribution in [0.1, 0.15) is 42.4 Å². The SMILES string of the molecule is N#Cc1cccc2c1Oc1ccc(-c3cccc(-c4cccc(-c5nc(-c6ccccc6)nc(-c6ccccc6-c6ccccc6)n5)c4)c3)cc1C21CCCC1. The monoisotopic (exact) mass is 720 g/mol. The summed E-state index contributed by atoms with van der Waals surface area (Å²) in [6.07, 6.45) is 4.40. The molecule has 7 aromatic carbocycles. The van der Waals surface area contributed by atoms with Gasteiger partial charge in [-0.05, 0) is 76.6 Å². The summed E-state index contributed by atoms with van der Waals surface area (Å²) < 4.78 is 6.49. The number of aromatic nitrogens is 3. The van der Waals surface area contributed by atoms with Crippen LogP contribution in [0.3, 0.4) is 0 Å². The second-order valence-corrected chi connectivity index (χ2v) is 14.6. The Labute approximate surface area is 326 Å². The fourth-order valence-corrected chi connectivity index (χ4v) is 8.66. The van der Waals surface area contributed by atoms with E-state index >= 15 is 0 Å². The summed E-state index contributed by atoms with van der Waals surface area (Å²) in [7, 11) is 0. The number of para-hydroxylation sites is 1. The Kier molecular flexibility index (Phi) is 8.30. The van der Waals surface area contributed by atoms with Crippen molar-refractivity contribution in [1.82, 2.24) is 15.0 Å². The van der Waals surface area contributed by atoms with Gasteiger partial charge in [0.05, 0.1) is 5.56 Å². The van der Waals surface area contributed by atoms with Gasteiger partial charge in [-0.1, -0.05) is 152 Å². The predicted molar refractivity (Wildman–Crippen MR) is 223 cm³/mol. The summed E-state index contributed by atoms with van der Waals surface area (Å²) in [5.74, 6) is 3.45. The smallest absolute Gasteiger partial charge is 0.164 e. The second-order valence-electron chi connectivity index (χ2n) is 14.6. The van der Waals surface area contributed by atoms with E-state index in [4.69, 9.17) is 19.7 Å². The van der Waals surface area contributed by atoms with Crippen LogP contribution in [-0.4, -0.2) is 15.0 Å². The van der Waals surface area contributed by atoms with Crippen LogP contribution >= 0.6 is 0 Å². The van der Waals surface area contributed by atoms with Crippen LogP contribution in [0.4, 0.5) is 0 Å².